The van der Waals surface area contributed by atoms with Gasteiger partial charge in [0.15, 0.2) is 11.5 Å². The lowest BCUT2D eigenvalue weighted by Gasteiger charge is -2.10. The molecule has 0 fully saturated rings. The lowest BCUT2D eigenvalue weighted by atomic mass is 10.1. The number of nitrogen functional groups attached to an aromatic ring is 1. The van der Waals surface area contributed by atoms with Crippen LogP contribution in [0.4, 0.5) is 10.2 Å². The first-order valence-corrected chi connectivity index (χ1v) is 10.7. The van der Waals surface area contributed by atoms with Crippen LogP contribution < -0.4 is 20.5 Å². The quantitative estimate of drug-likeness (QED) is 0.352. The molecule has 8 nitrogen and oxygen atoms in total. The standard InChI is InChI=1S/C24H23ClFN5O3/c1-33-21-13-15(12-19(25)23(21)34-2)5-10-22(32)29-11-3-4-20-18(14-27)24(28)31(30-20)17-8-6-16(26)7-9-17/h5-10,12-13H,3-4,11,28H2,1-2H3,(H,29,32)/b10-5+. The first kappa shape index (κ1) is 24.6. The van der Waals surface area contributed by atoms with Crippen LogP contribution in [-0.4, -0.2) is 36.5 Å². The molecule has 0 bridgehead atoms. The predicted molar refractivity (Wildman–Crippen MR) is 128 cm³/mol. The number of hydrogen-bond acceptors (Lipinski definition) is 6. The largest absolute Gasteiger partial charge is 0.493 e. The first-order chi connectivity index (χ1) is 16.4. The van der Waals surface area contributed by atoms with E-state index in [9.17, 15) is 14.4 Å². The van der Waals surface area contributed by atoms with Crippen molar-refractivity contribution >= 4 is 29.4 Å². The minimum atomic E-state index is -0.380. The van der Waals surface area contributed by atoms with Crippen LogP contribution in [0.5, 0.6) is 11.5 Å². The summed E-state index contributed by atoms with van der Waals surface area (Å²) < 4.78 is 25.0. The number of aryl methyl sites for hydroxylation is 1. The Morgan fingerprint density at radius 3 is 2.68 bits per heavy atom. The number of rotatable bonds is 9. The van der Waals surface area contributed by atoms with E-state index in [0.717, 1.165) is 0 Å². The number of halogens is 2. The zero-order chi connectivity index (χ0) is 24.7. The Bertz CT molecular complexity index is 1250. The fourth-order valence-electron chi connectivity index (χ4n) is 3.29. The van der Waals surface area contributed by atoms with Crippen molar-refractivity contribution < 1.29 is 18.7 Å². The third kappa shape index (κ3) is 5.66. The molecule has 0 aliphatic carbocycles. The van der Waals surface area contributed by atoms with Crippen molar-refractivity contribution in [2.24, 2.45) is 0 Å². The van der Waals surface area contributed by atoms with Crippen LogP contribution in [0.2, 0.25) is 5.02 Å². The van der Waals surface area contributed by atoms with Gasteiger partial charge < -0.3 is 20.5 Å². The predicted octanol–water partition coefficient (Wildman–Crippen LogP) is 3.90. The zero-order valence-electron chi connectivity index (χ0n) is 18.6. The van der Waals surface area contributed by atoms with Crippen molar-refractivity contribution in [2.75, 3.05) is 26.5 Å². The molecular formula is C24H23ClFN5O3. The van der Waals surface area contributed by atoms with Crippen LogP contribution in [0.3, 0.4) is 0 Å². The van der Waals surface area contributed by atoms with E-state index in [1.54, 1.807) is 18.2 Å². The van der Waals surface area contributed by atoms with E-state index in [-0.39, 0.29) is 23.1 Å². The van der Waals surface area contributed by atoms with Crippen molar-refractivity contribution in [1.29, 1.82) is 5.26 Å². The normalized spacial score (nSPS) is 10.8. The number of methoxy groups -OCH3 is 2. The molecule has 0 atom stereocenters. The second kappa shape index (κ2) is 11.2. The molecule has 0 spiro atoms. The highest BCUT2D eigenvalue weighted by Crippen LogP contribution is 2.36. The Balaban J connectivity index is 1.58. The van der Waals surface area contributed by atoms with E-state index in [1.807, 2.05) is 0 Å². The molecule has 10 heteroatoms. The molecule has 0 aliphatic heterocycles. The van der Waals surface area contributed by atoms with E-state index < -0.39 is 0 Å². The highest BCUT2D eigenvalue weighted by molar-refractivity contribution is 6.32. The number of anilines is 1. The molecule has 1 aromatic heterocycles. The van der Waals surface area contributed by atoms with Crippen LogP contribution >= 0.6 is 11.6 Å². The van der Waals surface area contributed by atoms with Gasteiger partial charge in [0.05, 0.1) is 30.6 Å². The lowest BCUT2D eigenvalue weighted by Crippen LogP contribution is -2.22. The fraction of sp³-hybridized carbons (Fsp3) is 0.208. The average molecular weight is 484 g/mol. The molecule has 0 radical (unpaired) electrons. The van der Waals surface area contributed by atoms with Gasteiger partial charge in [0.1, 0.15) is 23.3 Å². The Morgan fingerprint density at radius 1 is 1.29 bits per heavy atom. The Kier molecular flexibility index (Phi) is 8.11. The summed E-state index contributed by atoms with van der Waals surface area (Å²) in [5.74, 6) is 0.398. The van der Waals surface area contributed by atoms with Gasteiger partial charge in [-0.1, -0.05) is 11.6 Å². The Morgan fingerprint density at radius 2 is 2.03 bits per heavy atom. The van der Waals surface area contributed by atoms with Gasteiger partial charge in [-0.2, -0.15) is 10.4 Å². The van der Waals surface area contributed by atoms with E-state index in [2.05, 4.69) is 16.5 Å². The smallest absolute Gasteiger partial charge is 0.243 e. The highest BCUT2D eigenvalue weighted by Gasteiger charge is 2.16. The summed E-state index contributed by atoms with van der Waals surface area (Å²) in [5, 5.41) is 17.0. The number of nitrogens with zero attached hydrogens (tertiary/aromatic N) is 3. The second-order valence-electron chi connectivity index (χ2n) is 7.17. The van der Waals surface area contributed by atoms with Crippen molar-refractivity contribution in [3.8, 4) is 23.3 Å². The Hall–Kier alpha value is -4.03. The van der Waals surface area contributed by atoms with E-state index in [1.165, 1.54) is 49.2 Å². The highest BCUT2D eigenvalue weighted by atomic mass is 35.5. The van der Waals surface area contributed by atoms with Gasteiger partial charge in [0.25, 0.3) is 0 Å². The summed E-state index contributed by atoms with van der Waals surface area (Å²) in [6.45, 7) is 0.365. The summed E-state index contributed by atoms with van der Waals surface area (Å²) in [6.07, 6.45) is 3.97. The molecule has 0 aliphatic rings. The van der Waals surface area contributed by atoms with E-state index in [0.29, 0.717) is 52.9 Å². The van der Waals surface area contributed by atoms with Crippen molar-refractivity contribution in [3.05, 3.63) is 70.1 Å². The van der Waals surface area contributed by atoms with E-state index in [4.69, 9.17) is 26.8 Å². The summed E-state index contributed by atoms with van der Waals surface area (Å²) in [4.78, 5) is 12.2. The van der Waals surface area contributed by atoms with E-state index >= 15 is 0 Å². The van der Waals surface area contributed by atoms with Gasteiger partial charge in [-0.15, -0.1) is 0 Å². The molecule has 0 unspecified atom stereocenters. The molecule has 3 aromatic rings. The summed E-state index contributed by atoms with van der Waals surface area (Å²) in [7, 11) is 3.00. The second-order valence-corrected chi connectivity index (χ2v) is 7.58. The number of hydrogen-bond donors (Lipinski definition) is 2. The fourth-order valence-corrected chi connectivity index (χ4v) is 3.58. The molecule has 2 aromatic carbocycles. The number of ether oxygens (including phenoxy) is 2. The lowest BCUT2D eigenvalue weighted by molar-refractivity contribution is -0.116. The molecule has 3 N–H and O–H groups in total. The van der Waals surface area contributed by atoms with Gasteiger partial charge in [-0.05, 0) is 60.9 Å². The van der Waals surface area contributed by atoms with Gasteiger partial charge in [-0.3, -0.25) is 4.79 Å². The summed E-state index contributed by atoms with van der Waals surface area (Å²) in [5.41, 5.74) is 8.06. The Labute approximate surface area is 201 Å². The minimum absolute atomic E-state index is 0.185. The topological polar surface area (TPSA) is 115 Å². The van der Waals surface area contributed by atoms with Gasteiger partial charge in [-0.25, -0.2) is 9.07 Å². The first-order valence-electron chi connectivity index (χ1n) is 10.3. The number of nitrogens with two attached hydrogens (primary N) is 1. The number of amides is 1. The van der Waals surface area contributed by atoms with Crippen LogP contribution in [-0.2, 0) is 11.2 Å². The number of nitrogens with one attached hydrogen (secondary N) is 1. The number of carbonyl (C=O) groups is 1. The maximum atomic E-state index is 13.2. The SMILES string of the molecule is COc1cc(/C=C/C(=O)NCCCc2nn(-c3ccc(F)cc3)c(N)c2C#N)cc(Cl)c1OC. The number of benzene rings is 2. The maximum Gasteiger partial charge on any atom is 0.243 e. The molecule has 1 heterocycles. The monoisotopic (exact) mass is 483 g/mol. The summed E-state index contributed by atoms with van der Waals surface area (Å²) >= 11 is 6.18. The van der Waals surface area contributed by atoms with Crippen LogP contribution in [0.25, 0.3) is 11.8 Å². The number of nitriles is 1. The molecule has 0 saturated carbocycles. The van der Waals surface area contributed by atoms with Crippen molar-refractivity contribution in [2.45, 2.75) is 12.8 Å². The molecule has 1 amide bonds. The van der Waals surface area contributed by atoms with Crippen molar-refractivity contribution in [1.82, 2.24) is 15.1 Å². The number of aromatic nitrogens is 2. The zero-order valence-corrected chi connectivity index (χ0v) is 19.4. The molecule has 0 saturated heterocycles. The molecule has 176 valence electrons. The third-order valence-electron chi connectivity index (χ3n) is 4.95. The van der Waals surface area contributed by atoms with Crippen LogP contribution in [0.1, 0.15) is 23.2 Å². The van der Waals surface area contributed by atoms with Crippen molar-refractivity contribution in [3.63, 3.8) is 0 Å². The molecule has 34 heavy (non-hydrogen) atoms. The molecule has 3 rings (SSSR count). The van der Waals surface area contributed by atoms with Crippen LogP contribution in [0.15, 0.2) is 42.5 Å². The number of carbonyl (C=O) groups excluding carboxylic acids is 1. The summed E-state index contributed by atoms with van der Waals surface area (Å²) in [6, 6.07) is 11.1. The van der Waals surface area contributed by atoms with Crippen LogP contribution in [0, 0.1) is 17.1 Å². The van der Waals surface area contributed by atoms with Gasteiger partial charge in [0, 0.05) is 12.6 Å². The molecular weight excluding hydrogens is 461 g/mol. The maximum absolute atomic E-state index is 13.2. The average Bonchev–Trinajstić information content (AvgIpc) is 3.15. The van der Waals surface area contributed by atoms with Gasteiger partial charge >= 0.3 is 0 Å². The van der Waals surface area contributed by atoms with Gasteiger partial charge in [0.2, 0.25) is 5.91 Å². The minimum Gasteiger partial charge on any atom is -0.493 e. The third-order valence-corrected chi connectivity index (χ3v) is 5.23.